The molecule has 35 heavy (non-hydrogen) atoms. The third kappa shape index (κ3) is 5.24. The second-order valence-electron chi connectivity index (χ2n) is 8.80. The first kappa shape index (κ1) is 23.8. The van der Waals surface area contributed by atoms with Crippen molar-refractivity contribution in [1.29, 1.82) is 0 Å². The molecule has 0 saturated carbocycles. The summed E-state index contributed by atoms with van der Waals surface area (Å²) in [5, 5.41) is 22.7. The zero-order valence-electron chi connectivity index (χ0n) is 19.4. The lowest BCUT2D eigenvalue weighted by Crippen LogP contribution is -2.18. The van der Waals surface area contributed by atoms with Gasteiger partial charge < -0.3 is 19.9 Å². The predicted octanol–water partition coefficient (Wildman–Crippen LogP) is 5.70. The second-order valence-corrected chi connectivity index (χ2v) is 8.80. The molecule has 0 radical (unpaired) electrons. The van der Waals surface area contributed by atoms with Crippen molar-refractivity contribution < 1.29 is 24.2 Å². The van der Waals surface area contributed by atoms with Gasteiger partial charge in [0.15, 0.2) is 11.4 Å². The summed E-state index contributed by atoms with van der Waals surface area (Å²) in [5.74, 6) is -1.44. The molecule has 0 aliphatic rings. The van der Waals surface area contributed by atoms with Gasteiger partial charge in [-0.3, -0.25) is 4.79 Å². The van der Waals surface area contributed by atoms with E-state index in [1.54, 1.807) is 48.5 Å². The molecule has 4 rings (SSSR count). The molecule has 1 amide bonds. The number of hydrogen-bond donors (Lipinski definition) is 3. The number of carboxylic acids is 1. The third-order valence-corrected chi connectivity index (χ3v) is 5.76. The number of carboxylic acid groups (broad SMARTS) is 1. The van der Waals surface area contributed by atoms with Gasteiger partial charge in [0.1, 0.15) is 5.58 Å². The van der Waals surface area contributed by atoms with E-state index in [1.807, 2.05) is 6.07 Å². The van der Waals surface area contributed by atoms with E-state index in [4.69, 9.17) is 4.42 Å². The summed E-state index contributed by atoms with van der Waals surface area (Å²) in [6, 6.07) is 18.3. The maximum atomic E-state index is 12.8. The molecule has 1 aromatic heterocycles. The Labute approximate surface area is 201 Å². The Morgan fingerprint density at radius 1 is 0.943 bits per heavy atom. The van der Waals surface area contributed by atoms with Gasteiger partial charge in [0.05, 0.1) is 10.9 Å². The third-order valence-electron chi connectivity index (χ3n) is 5.76. The first-order valence-corrected chi connectivity index (χ1v) is 11.3. The minimum Gasteiger partial charge on any atom is -0.505 e. The molecule has 3 aromatic carbocycles. The van der Waals surface area contributed by atoms with Crippen molar-refractivity contribution in [3.8, 4) is 16.9 Å². The number of hydrogen-bond acceptors (Lipinski definition) is 5. The summed E-state index contributed by atoms with van der Waals surface area (Å²) in [6.07, 6.45) is 1.82. The molecule has 0 spiro atoms. The van der Waals surface area contributed by atoms with E-state index in [9.17, 15) is 24.6 Å². The van der Waals surface area contributed by atoms with E-state index in [1.165, 1.54) is 12.1 Å². The minimum absolute atomic E-state index is 0.111. The first-order valence-electron chi connectivity index (χ1n) is 11.3. The lowest BCUT2D eigenvalue weighted by Gasteiger charge is -2.11. The Morgan fingerprint density at radius 3 is 2.40 bits per heavy atom. The average molecular weight is 472 g/mol. The fourth-order valence-corrected chi connectivity index (χ4v) is 3.82. The molecule has 7 nitrogen and oxygen atoms in total. The number of fused-ring (bicyclic) bond motifs is 1. The van der Waals surface area contributed by atoms with E-state index < -0.39 is 23.3 Å². The van der Waals surface area contributed by atoms with E-state index >= 15 is 0 Å². The number of aryl methyl sites for hydroxylation is 1. The van der Waals surface area contributed by atoms with Crippen LogP contribution in [-0.2, 0) is 6.42 Å². The Hall–Kier alpha value is -4.39. The van der Waals surface area contributed by atoms with E-state index in [-0.39, 0.29) is 22.2 Å². The van der Waals surface area contributed by atoms with Crippen LogP contribution < -0.4 is 10.9 Å². The number of anilines is 1. The molecule has 0 unspecified atom stereocenters. The molecule has 4 aromatic rings. The van der Waals surface area contributed by atoms with Crippen molar-refractivity contribution in [1.82, 2.24) is 0 Å². The maximum absolute atomic E-state index is 12.8. The van der Waals surface area contributed by atoms with Crippen LogP contribution in [0.4, 0.5) is 5.69 Å². The zero-order chi connectivity index (χ0) is 25.1. The highest BCUT2D eigenvalue weighted by molar-refractivity contribution is 6.06. The number of carbonyl (C=O) groups is 2. The Balaban J connectivity index is 1.64. The summed E-state index contributed by atoms with van der Waals surface area (Å²) >= 11 is 0. The van der Waals surface area contributed by atoms with Gasteiger partial charge >= 0.3 is 11.6 Å². The molecule has 178 valence electrons. The number of carbonyl (C=O) groups excluding carboxylic acids is 1. The van der Waals surface area contributed by atoms with Crippen molar-refractivity contribution in [2.24, 2.45) is 5.92 Å². The predicted molar refractivity (Wildman–Crippen MR) is 134 cm³/mol. The molecule has 0 atom stereocenters. The van der Waals surface area contributed by atoms with Crippen LogP contribution in [0.3, 0.4) is 0 Å². The smallest absolute Gasteiger partial charge is 0.364 e. The van der Waals surface area contributed by atoms with Crippen molar-refractivity contribution in [3.63, 3.8) is 0 Å². The molecule has 7 heteroatoms. The minimum atomic E-state index is -1.05. The van der Waals surface area contributed by atoms with Crippen molar-refractivity contribution >= 4 is 28.5 Å². The van der Waals surface area contributed by atoms with Gasteiger partial charge in [0.2, 0.25) is 0 Å². The topological polar surface area (TPSA) is 117 Å². The Kier molecular flexibility index (Phi) is 6.68. The number of benzene rings is 3. The quantitative estimate of drug-likeness (QED) is 0.298. The average Bonchev–Trinajstić information content (AvgIpc) is 2.85. The first-order chi connectivity index (χ1) is 16.7. The molecule has 0 bridgehead atoms. The monoisotopic (exact) mass is 471 g/mol. The highest BCUT2D eigenvalue weighted by atomic mass is 16.4. The normalized spacial score (nSPS) is 11.1. The summed E-state index contributed by atoms with van der Waals surface area (Å²) in [4.78, 5) is 36.7. The highest BCUT2D eigenvalue weighted by Crippen LogP contribution is 2.33. The fraction of sp³-hybridized carbons (Fsp3) is 0.179. The number of amides is 1. The van der Waals surface area contributed by atoms with Gasteiger partial charge in [-0.05, 0) is 71.8 Å². The molecule has 0 aliphatic carbocycles. The summed E-state index contributed by atoms with van der Waals surface area (Å²) < 4.78 is 5.39. The maximum Gasteiger partial charge on any atom is 0.364 e. The van der Waals surface area contributed by atoms with E-state index in [0.29, 0.717) is 22.6 Å². The van der Waals surface area contributed by atoms with Gasteiger partial charge in [-0.15, -0.1) is 0 Å². The molecule has 0 saturated heterocycles. The van der Waals surface area contributed by atoms with E-state index in [2.05, 4.69) is 19.2 Å². The molecule has 0 fully saturated rings. The van der Waals surface area contributed by atoms with Crippen LogP contribution in [0.1, 0.15) is 46.5 Å². The molecular weight excluding hydrogens is 446 g/mol. The number of aromatic carboxylic acids is 1. The molecular formula is C28H25NO6. The number of rotatable bonds is 7. The highest BCUT2D eigenvalue weighted by Gasteiger charge is 2.18. The molecule has 3 N–H and O–H groups in total. The van der Waals surface area contributed by atoms with Crippen molar-refractivity contribution in [3.05, 3.63) is 93.8 Å². The van der Waals surface area contributed by atoms with Crippen molar-refractivity contribution in [2.45, 2.75) is 26.7 Å². The van der Waals surface area contributed by atoms with Gasteiger partial charge in [0, 0.05) is 5.56 Å². The molecule has 1 heterocycles. The summed E-state index contributed by atoms with van der Waals surface area (Å²) in [6.45, 7) is 4.27. The summed E-state index contributed by atoms with van der Waals surface area (Å²) in [7, 11) is 0. The van der Waals surface area contributed by atoms with Crippen LogP contribution in [0, 0.1) is 5.92 Å². The van der Waals surface area contributed by atoms with Gasteiger partial charge in [0.25, 0.3) is 5.91 Å². The van der Waals surface area contributed by atoms with Crippen LogP contribution in [0.15, 0.2) is 75.9 Å². The van der Waals surface area contributed by atoms with Gasteiger partial charge in [-0.1, -0.05) is 44.2 Å². The van der Waals surface area contributed by atoms with Crippen LogP contribution in [0.2, 0.25) is 0 Å². The lowest BCUT2D eigenvalue weighted by molar-refractivity contribution is 0.0696. The van der Waals surface area contributed by atoms with E-state index in [0.717, 1.165) is 18.4 Å². The standard InChI is InChI=1S/C28H25NO6/c1-16(2)9-10-17-5-3-7-20(13-17)26(31)29-24-25(30)22-12-11-19(15-23(22)35-28(24)34)18-6-4-8-21(14-18)27(32)33/h3-8,11-16,30H,9-10H2,1-2H3,(H,29,31)(H,32,33). The summed E-state index contributed by atoms with van der Waals surface area (Å²) in [5.41, 5.74) is 1.62. The Morgan fingerprint density at radius 2 is 1.66 bits per heavy atom. The van der Waals surface area contributed by atoms with Gasteiger partial charge in [-0.25, -0.2) is 9.59 Å². The van der Waals surface area contributed by atoms with Gasteiger partial charge in [-0.2, -0.15) is 0 Å². The van der Waals surface area contributed by atoms with Crippen LogP contribution in [0.5, 0.6) is 5.75 Å². The lowest BCUT2D eigenvalue weighted by atomic mass is 10.0. The molecule has 0 aliphatic heterocycles. The van der Waals surface area contributed by atoms with Crippen molar-refractivity contribution in [2.75, 3.05) is 5.32 Å². The second kappa shape index (κ2) is 9.85. The largest absolute Gasteiger partial charge is 0.505 e. The zero-order valence-corrected chi connectivity index (χ0v) is 19.4. The fourth-order valence-electron chi connectivity index (χ4n) is 3.82. The number of aromatic hydroxyl groups is 1. The Bertz CT molecular complexity index is 1480. The SMILES string of the molecule is CC(C)CCc1cccc(C(=O)Nc2c(O)c3ccc(-c4cccc(C(=O)O)c4)cc3oc2=O)c1. The number of nitrogens with one attached hydrogen (secondary N) is 1. The van der Waals surface area contributed by atoms with Crippen LogP contribution >= 0.6 is 0 Å². The van der Waals surface area contributed by atoms with Crippen LogP contribution in [0.25, 0.3) is 22.1 Å². The van der Waals surface area contributed by atoms with Crippen LogP contribution in [-0.4, -0.2) is 22.1 Å².